The summed E-state index contributed by atoms with van der Waals surface area (Å²) in [6.07, 6.45) is 4.25. The van der Waals surface area contributed by atoms with E-state index in [0.717, 1.165) is 45.3 Å². The standard InChI is InChI=1S/C15H25N3O4/c19-13(20)6-3-7-16-14(21)12-5-4-10-18(11-12)15(22)17-8-1-2-9-17/h12H,1-11H2,(H,16,21)(H,19,20). The Hall–Kier alpha value is -1.79. The van der Waals surface area contributed by atoms with E-state index in [2.05, 4.69) is 5.32 Å². The smallest absolute Gasteiger partial charge is 0.320 e. The van der Waals surface area contributed by atoms with Crippen LogP contribution < -0.4 is 5.32 Å². The summed E-state index contributed by atoms with van der Waals surface area (Å²) in [7, 11) is 0. The molecule has 1 unspecified atom stereocenters. The first-order valence-corrected chi connectivity index (χ1v) is 8.11. The van der Waals surface area contributed by atoms with E-state index in [9.17, 15) is 14.4 Å². The molecule has 0 saturated carbocycles. The number of rotatable bonds is 5. The fourth-order valence-electron chi connectivity index (χ4n) is 3.07. The Morgan fingerprint density at radius 1 is 1.05 bits per heavy atom. The second kappa shape index (κ2) is 8.00. The van der Waals surface area contributed by atoms with Crippen LogP contribution in [0, 0.1) is 5.92 Å². The number of carboxylic acid groups (broad SMARTS) is 1. The van der Waals surface area contributed by atoms with E-state index in [1.54, 1.807) is 4.90 Å². The van der Waals surface area contributed by atoms with Crippen LogP contribution in [0.4, 0.5) is 4.79 Å². The maximum absolute atomic E-state index is 12.4. The molecule has 2 fully saturated rings. The number of likely N-dealkylation sites (tertiary alicyclic amines) is 2. The van der Waals surface area contributed by atoms with E-state index >= 15 is 0 Å². The zero-order chi connectivity index (χ0) is 15.9. The predicted molar refractivity (Wildman–Crippen MR) is 80.4 cm³/mol. The van der Waals surface area contributed by atoms with Crippen LogP contribution in [0.5, 0.6) is 0 Å². The van der Waals surface area contributed by atoms with Crippen LogP contribution in [-0.4, -0.2) is 65.5 Å². The van der Waals surface area contributed by atoms with E-state index in [0.29, 0.717) is 19.5 Å². The molecule has 22 heavy (non-hydrogen) atoms. The van der Waals surface area contributed by atoms with Crippen molar-refractivity contribution < 1.29 is 19.5 Å². The first-order chi connectivity index (χ1) is 10.6. The van der Waals surface area contributed by atoms with E-state index in [-0.39, 0.29) is 24.3 Å². The number of carboxylic acids is 1. The molecule has 0 aliphatic carbocycles. The summed E-state index contributed by atoms with van der Waals surface area (Å²) in [6, 6.07) is 0.0564. The van der Waals surface area contributed by atoms with Crippen molar-refractivity contribution in [1.82, 2.24) is 15.1 Å². The van der Waals surface area contributed by atoms with Crippen molar-refractivity contribution >= 4 is 17.9 Å². The number of hydrogen-bond acceptors (Lipinski definition) is 3. The molecule has 7 nitrogen and oxygen atoms in total. The van der Waals surface area contributed by atoms with Gasteiger partial charge in [0.1, 0.15) is 0 Å². The van der Waals surface area contributed by atoms with E-state index in [4.69, 9.17) is 5.11 Å². The molecule has 2 aliphatic heterocycles. The maximum atomic E-state index is 12.4. The van der Waals surface area contributed by atoms with Crippen molar-refractivity contribution in [3.05, 3.63) is 0 Å². The van der Waals surface area contributed by atoms with Gasteiger partial charge in [-0.15, -0.1) is 0 Å². The zero-order valence-electron chi connectivity index (χ0n) is 12.9. The molecular weight excluding hydrogens is 286 g/mol. The Balaban J connectivity index is 1.75. The van der Waals surface area contributed by atoms with Gasteiger partial charge in [-0.2, -0.15) is 0 Å². The van der Waals surface area contributed by atoms with Crippen LogP contribution in [0.15, 0.2) is 0 Å². The Kier molecular flexibility index (Phi) is 6.03. The van der Waals surface area contributed by atoms with Gasteiger partial charge in [-0.3, -0.25) is 9.59 Å². The van der Waals surface area contributed by atoms with Gasteiger partial charge in [0.05, 0.1) is 5.92 Å². The third-order valence-corrected chi connectivity index (χ3v) is 4.31. The largest absolute Gasteiger partial charge is 0.481 e. The Labute approximate surface area is 130 Å². The second-order valence-corrected chi connectivity index (χ2v) is 6.05. The van der Waals surface area contributed by atoms with Crippen LogP contribution in [-0.2, 0) is 9.59 Å². The van der Waals surface area contributed by atoms with Crippen LogP contribution in [0.25, 0.3) is 0 Å². The molecule has 0 aromatic heterocycles. The van der Waals surface area contributed by atoms with Crippen LogP contribution in [0.2, 0.25) is 0 Å². The molecule has 1 atom stereocenters. The van der Waals surface area contributed by atoms with Gasteiger partial charge in [0.2, 0.25) is 5.91 Å². The lowest BCUT2D eigenvalue weighted by atomic mass is 9.97. The molecule has 124 valence electrons. The number of aliphatic carboxylic acids is 1. The lowest BCUT2D eigenvalue weighted by molar-refractivity contribution is -0.137. The third-order valence-electron chi connectivity index (χ3n) is 4.31. The minimum atomic E-state index is -0.852. The number of carbonyl (C=O) groups excluding carboxylic acids is 2. The van der Waals surface area contributed by atoms with Crippen molar-refractivity contribution in [2.24, 2.45) is 5.92 Å². The summed E-state index contributed by atoms with van der Waals surface area (Å²) in [5, 5.41) is 11.3. The molecule has 2 aliphatic rings. The normalized spacial score (nSPS) is 21.7. The molecule has 2 N–H and O–H groups in total. The summed E-state index contributed by atoms with van der Waals surface area (Å²) in [4.78, 5) is 38.6. The molecule has 0 aromatic rings. The molecule has 0 bridgehead atoms. The summed E-state index contributed by atoms with van der Waals surface area (Å²) >= 11 is 0. The number of hydrogen-bond donors (Lipinski definition) is 2. The molecule has 2 rings (SSSR count). The number of urea groups is 1. The van der Waals surface area contributed by atoms with Crippen LogP contribution in [0.3, 0.4) is 0 Å². The molecular formula is C15H25N3O4. The highest BCUT2D eigenvalue weighted by atomic mass is 16.4. The van der Waals surface area contributed by atoms with Gasteiger partial charge in [0.15, 0.2) is 0 Å². The molecule has 0 spiro atoms. The highest BCUT2D eigenvalue weighted by Crippen LogP contribution is 2.19. The van der Waals surface area contributed by atoms with Gasteiger partial charge in [0.25, 0.3) is 0 Å². The minimum absolute atomic E-state index is 0.0564. The van der Waals surface area contributed by atoms with Crippen molar-refractivity contribution in [3.63, 3.8) is 0 Å². The fraction of sp³-hybridized carbons (Fsp3) is 0.800. The molecule has 3 amide bonds. The highest BCUT2D eigenvalue weighted by molar-refractivity contribution is 5.81. The fourth-order valence-corrected chi connectivity index (χ4v) is 3.07. The lowest BCUT2D eigenvalue weighted by Gasteiger charge is -2.34. The topological polar surface area (TPSA) is 90.0 Å². The van der Waals surface area contributed by atoms with Gasteiger partial charge in [0, 0.05) is 39.1 Å². The van der Waals surface area contributed by atoms with Crippen LogP contribution >= 0.6 is 0 Å². The quantitative estimate of drug-likeness (QED) is 0.738. The number of amides is 3. The summed E-state index contributed by atoms with van der Waals surface area (Å²) < 4.78 is 0. The number of nitrogens with one attached hydrogen (secondary N) is 1. The van der Waals surface area contributed by atoms with Crippen molar-refractivity contribution in [3.8, 4) is 0 Å². The van der Waals surface area contributed by atoms with Gasteiger partial charge in [-0.25, -0.2) is 4.79 Å². The first kappa shape index (κ1) is 16.6. The summed E-state index contributed by atoms with van der Waals surface area (Å²) in [6.45, 7) is 3.21. The van der Waals surface area contributed by atoms with E-state index in [1.165, 1.54) is 0 Å². The average Bonchev–Trinajstić information content (AvgIpc) is 3.05. The lowest BCUT2D eigenvalue weighted by Crippen LogP contribution is -2.49. The van der Waals surface area contributed by atoms with Crippen molar-refractivity contribution in [2.75, 3.05) is 32.7 Å². The third kappa shape index (κ3) is 4.61. The zero-order valence-corrected chi connectivity index (χ0v) is 12.9. The summed E-state index contributed by atoms with van der Waals surface area (Å²) in [5.74, 6) is -1.09. The van der Waals surface area contributed by atoms with Crippen LogP contribution in [0.1, 0.15) is 38.5 Å². The monoisotopic (exact) mass is 311 g/mol. The maximum Gasteiger partial charge on any atom is 0.320 e. The van der Waals surface area contributed by atoms with Gasteiger partial charge in [-0.05, 0) is 32.1 Å². The van der Waals surface area contributed by atoms with Gasteiger partial charge >= 0.3 is 12.0 Å². The number of carbonyl (C=O) groups is 3. The predicted octanol–water partition coefficient (Wildman–Crippen LogP) is 0.895. The SMILES string of the molecule is O=C(O)CCCNC(=O)C1CCCN(C(=O)N2CCCC2)C1. The van der Waals surface area contributed by atoms with Crippen molar-refractivity contribution in [1.29, 1.82) is 0 Å². The van der Waals surface area contributed by atoms with E-state index in [1.807, 2.05) is 4.90 Å². The minimum Gasteiger partial charge on any atom is -0.481 e. The molecule has 0 radical (unpaired) electrons. The molecule has 7 heteroatoms. The van der Waals surface area contributed by atoms with Crippen molar-refractivity contribution in [2.45, 2.75) is 38.5 Å². The number of nitrogens with zero attached hydrogens (tertiary/aromatic N) is 2. The molecule has 2 heterocycles. The number of piperidine rings is 1. The summed E-state index contributed by atoms with van der Waals surface area (Å²) in [5.41, 5.74) is 0. The van der Waals surface area contributed by atoms with E-state index < -0.39 is 5.97 Å². The van der Waals surface area contributed by atoms with Gasteiger partial charge in [-0.1, -0.05) is 0 Å². The Morgan fingerprint density at radius 3 is 2.41 bits per heavy atom. The molecule has 0 aromatic carbocycles. The molecule has 2 saturated heterocycles. The Morgan fingerprint density at radius 2 is 1.73 bits per heavy atom. The highest BCUT2D eigenvalue weighted by Gasteiger charge is 2.31. The van der Waals surface area contributed by atoms with Gasteiger partial charge < -0.3 is 20.2 Å². The Bertz CT molecular complexity index is 421. The first-order valence-electron chi connectivity index (χ1n) is 8.11. The second-order valence-electron chi connectivity index (χ2n) is 6.05. The average molecular weight is 311 g/mol.